The number of hydrogen-bond donors (Lipinski definition) is 1. The minimum absolute atomic E-state index is 0.0303. The number of nitrogens with zero attached hydrogens (tertiary/aromatic N) is 1. The fourth-order valence-electron chi connectivity index (χ4n) is 2.33. The largest absolute Gasteiger partial charge is 0.453 e. The van der Waals surface area contributed by atoms with E-state index in [0.717, 1.165) is 29.7 Å². The first-order valence-corrected chi connectivity index (χ1v) is 7.25. The molecule has 0 saturated carbocycles. The third-order valence-corrected chi connectivity index (χ3v) is 3.41. The Labute approximate surface area is 126 Å². The molecule has 0 aliphatic rings. The Morgan fingerprint density at radius 3 is 2.19 bits per heavy atom. The van der Waals surface area contributed by atoms with Crippen LogP contribution in [0.1, 0.15) is 31.9 Å². The van der Waals surface area contributed by atoms with Crippen molar-refractivity contribution in [1.29, 1.82) is 0 Å². The second kappa shape index (κ2) is 8.29. The van der Waals surface area contributed by atoms with E-state index in [9.17, 15) is 9.59 Å². The molecular weight excluding hydrogens is 268 g/mol. The molecule has 0 atom stereocenters. The summed E-state index contributed by atoms with van der Waals surface area (Å²) in [6, 6.07) is 6.10. The highest BCUT2D eigenvalue weighted by Crippen LogP contribution is 2.27. The Balaban J connectivity index is 3.00. The number of anilines is 1. The van der Waals surface area contributed by atoms with E-state index in [4.69, 9.17) is 0 Å². The van der Waals surface area contributed by atoms with Crippen LogP contribution in [0.4, 0.5) is 10.5 Å². The second-order valence-electron chi connectivity index (χ2n) is 4.72. The third kappa shape index (κ3) is 4.48. The highest BCUT2D eigenvalue weighted by Gasteiger charge is 2.18. The first-order valence-electron chi connectivity index (χ1n) is 7.25. The van der Waals surface area contributed by atoms with Gasteiger partial charge >= 0.3 is 6.09 Å². The lowest BCUT2D eigenvalue weighted by molar-refractivity contribution is -0.116. The van der Waals surface area contributed by atoms with Gasteiger partial charge in [0.15, 0.2) is 0 Å². The number of alkyl carbamates (subject to hydrolysis) is 1. The molecule has 21 heavy (non-hydrogen) atoms. The van der Waals surface area contributed by atoms with Crippen LogP contribution in [0, 0.1) is 0 Å². The summed E-state index contributed by atoms with van der Waals surface area (Å²) in [5.41, 5.74) is 3.26. The van der Waals surface area contributed by atoms with Crippen LogP contribution in [0.3, 0.4) is 0 Å². The summed E-state index contributed by atoms with van der Waals surface area (Å²) in [5.74, 6) is -0.0303. The van der Waals surface area contributed by atoms with Gasteiger partial charge < -0.3 is 15.0 Å². The maximum atomic E-state index is 12.0. The molecule has 0 heterocycles. The monoisotopic (exact) mass is 292 g/mol. The lowest BCUT2D eigenvalue weighted by Crippen LogP contribution is -2.38. The SMILES string of the molecule is CCc1cccc(CC)c1N(CCNC(=O)OC)C(C)=O. The van der Waals surface area contributed by atoms with E-state index >= 15 is 0 Å². The van der Waals surface area contributed by atoms with Crippen molar-refractivity contribution in [1.82, 2.24) is 5.32 Å². The lowest BCUT2D eigenvalue weighted by atomic mass is 10.0. The molecule has 0 aliphatic carbocycles. The molecule has 1 aromatic carbocycles. The van der Waals surface area contributed by atoms with Crippen molar-refractivity contribution in [2.24, 2.45) is 0 Å². The molecule has 0 unspecified atom stereocenters. The van der Waals surface area contributed by atoms with Gasteiger partial charge in [-0.25, -0.2) is 4.79 Å². The quantitative estimate of drug-likeness (QED) is 0.876. The molecule has 1 rings (SSSR count). The van der Waals surface area contributed by atoms with Crippen molar-refractivity contribution in [3.63, 3.8) is 0 Å². The Hall–Kier alpha value is -2.04. The summed E-state index contributed by atoms with van der Waals surface area (Å²) in [4.78, 5) is 24.8. The van der Waals surface area contributed by atoms with Crippen LogP contribution in [0.2, 0.25) is 0 Å². The minimum atomic E-state index is -0.488. The van der Waals surface area contributed by atoms with Gasteiger partial charge in [0.2, 0.25) is 5.91 Å². The summed E-state index contributed by atoms with van der Waals surface area (Å²) in [6.45, 7) is 6.47. The topological polar surface area (TPSA) is 58.6 Å². The van der Waals surface area contributed by atoms with E-state index in [2.05, 4.69) is 23.9 Å². The summed E-state index contributed by atoms with van der Waals surface area (Å²) in [7, 11) is 1.32. The van der Waals surface area contributed by atoms with Crippen LogP contribution in [0.5, 0.6) is 0 Å². The molecule has 116 valence electrons. The van der Waals surface area contributed by atoms with Gasteiger partial charge in [-0.15, -0.1) is 0 Å². The predicted molar refractivity (Wildman–Crippen MR) is 83.6 cm³/mol. The number of benzene rings is 1. The highest BCUT2D eigenvalue weighted by molar-refractivity contribution is 5.93. The number of methoxy groups -OCH3 is 1. The van der Waals surface area contributed by atoms with Crippen LogP contribution in [-0.2, 0) is 22.4 Å². The van der Waals surface area contributed by atoms with E-state index in [1.807, 2.05) is 18.2 Å². The van der Waals surface area contributed by atoms with Crippen molar-refractivity contribution < 1.29 is 14.3 Å². The molecule has 0 spiro atoms. The van der Waals surface area contributed by atoms with Crippen molar-refractivity contribution in [2.45, 2.75) is 33.6 Å². The van der Waals surface area contributed by atoms with E-state index in [1.54, 1.807) is 11.8 Å². The summed E-state index contributed by atoms with van der Waals surface area (Å²) in [5, 5.41) is 2.61. The molecule has 5 nitrogen and oxygen atoms in total. The van der Waals surface area contributed by atoms with Crippen LogP contribution in [0.15, 0.2) is 18.2 Å². The minimum Gasteiger partial charge on any atom is -0.453 e. The van der Waals surface area contributed by atoms with Gasteiger partial charge in [-0.1, -0.05) is 32.0 Å². The Kier molecular flexibility index (Phi) is 6.72. The van der Waals surface area contributed by atoms with Crippen molar-refractivity contribution in [3.8, 4) is 0 Å². The molecule has 0 aromatic heterocycles. The number of hydrogen-bond acceptors (Lipinski definition) is 3. The molecular formula is C16H24N2O3. The number of amides is 2. The third-order valence-electron chi connectivity index (χ3n) is 3.41. The van der Waals surface area contributed by atoms with Crippen LogP contribution >= 0.6 is 0 Å². The molecule has 0 bridgehead atoms. The van der Waals surface area contributed by atoms with E-state index in [0.29, 0.717) is 13.1 Å². The second-order valence-corrected chi connectivity index (χ2v) is 4.72. The lowest BCUT2D eigenvalue weighted by Gasteiger charge is -2.26. The smallest absolute Gasteiger partial charge is 0.406 e. The van der Waals surface area contributed by atoms with Gasteiger partial charge in [0.05, 0.1) is 12.8 Å². The number of para-hydroxylation sites is 1. The van der Waals surface area contributed by atoms with Crippen LogP contribution < -0.4 is 10.2 Å². The summed E-state index contributed by atoms with van der Waals surface area (Å²) < 4.78 is 4.53. The molecule has 0 aliphatic heterocycles. The van der Waals surface area contributed by atoms with Crippen molar-refractivity contribution in [2.75, 3.05) is 25.1 Å². The molecule has 0 radical (unpaired) electrons. The van der Waals surface area contributed by atoms with Crippen LogP contribution in [0.25, 0.3) is 0 Å². The fourth-order valence-corrected chi connectivity index (χ4v) is 2.33. The Morgan fingerprint density at radius 2 is 1.76 bits per heavy atom. The average Bonchev–Trinajstić information content (AvgIpc) is 2.50. The van der Waals surface area contributed by atoms with E-state index in [1.165, 1.54) is 7.11 Å². The molecule has 0 fully saturated rings. The van der Waals surface area contributed by atoms with E-state index in [-0.39, 0.29) is 5.91 Å². The number of carbonyl (C=O) groups excluding carboxylic acids is 2. The number of aryl methyl sites for hydroxylation is 2. The Morgan fingerprint density at radius 1 is 1.19 bits per heavy atom. The molecule has 1 N–H and O–H groups in total. The maximum Gasteiger partial charge on any atom is 0.406 e. The number of nitrogens with one attached hydrogen (secondary N) is 1. The number of ether oxygens (including phenoxy) is 1. The average molecular weight is 292 g/mol. The molecule has 0 saturated heterocycles. The predicted octanol–water partition coefficient (Wildman–Crippen LogP) is 2.52. The van der Waals surface area contributed by atoms with Gasteiger partial charge in [-0.05, 0) is 24.0 Å². The number of rotatable bonds is 6. The molecule has 5 heteroatoms. The normalized spacial score (nSPS) is 10.1. The number of carbonyl (C=O) groups is 2. The van der Waals surface area contributed by atoms with Crippen LogP contribution in [-0.4, -0.2) is 32.2 Å². The first-order chi connectivity index (χ1) is 10.0. The zero-order valence-electron chi connectivity index (χ0n) is 13.2. The maximum absolute atomic E-state index is 12.0. The zero-order valence-corrected chi connectivity index (χ0v) is 13.2. The summed E-state index contributed by atoms with van der Waals surface area (Å²) >= 11 is 0. The van der Waals surface area contributed by atoms with Gasteiger partial charge in [-0.3, -0.25) is 4.79 Å². The van der Waals surface area contributed by atoms with Crippen molar-refractivity contribution >= 4 is 17.7 Å². The molecule has 1 aromatic rings. The standard InChI is InChI=1S/C16H24N2O3/c1-5-13-8-7-9-14(6-2)15(13)18(12(3)19)11-10-17-16(20)21-4/h7-9H,5-6,10-11H2,1-4H3,(H,17,20). The van der Waals surface area contributed by atoms with Crippen molar-refractivity contribution in [3.05, 3.63) is 29.3 Å². The summed E-state index contributed by atoms with van der Waals surface area (Å²) in [6.07, 6.45) is 1.23. The highest BCUT2D eigenvalue weighted by atomic mass is 16.5. The van der Waals surface area contributed by atoms with Gasteiger partial charge in [-0.2, -0.15) is 0 Å². The van der Waals surface area contributed by atoms with Gasteiger partial charge in [0.25, 0.3) is 0 Å². The first kappa shape index (κ1) is 17.0. The zero-order chi connectivity index (χ0) is 15.8. The molecule has 2 amide bonds. The Bertz CT molecular complexity index is 478. The fraction of sp³-hybridized carbons (Fsp3) is 0.500. The van der Waals surface area contributed by atoms with Gasteiger partial charge in [0.1, 0.15) is 0 Å². The van der Waals surface area contributed by atoms with E-state index < -0.39 is 6.09 Å². The van der Waals surface area contributed by atoms with Gasteiger partial charge in [0, 0.05) is 20.0 Å².